The van der Waals surface area contributed by atoms with Crippen molar-refractivity contribution in [3.8, 4) is 0 Å². The average molecular weight is 1790 g/mol. The SMILES string of the molecule is C1CCNC1.C1CCNC1.C=O.C=O.C=O.C=O.C=O.C=O.C=O.C=O.C=O.C=O.CCC1CCCCC1.CCC1CCCCC1.CCCCN=C(N)N.CCCCN=C(N)N.CCc1c[nH]c2ccccc12.CCc1c[nH]c2ccccc12.CNC(=O)CNC(C)=O.CNC(=O)[C@H](Cc1ccccc1F)NC(C)=O.N.N.N.N.N.N.N.N.N.N.N.N.N.N. The molecular weight excluding hydrogens is 1610 g/mol. The van der Waals surface area contributed by atoms with Gasteiger partial charge in [0.15, 0.2) is 11.9 Å². The van der Waals surface area contributed by atoms with Crippen molar-refractivity contribution in [2.24, 2.45) is 44.8 Å². The van der Waals surface area contributed by atoms with Gasteiger partial charge in [0.05, 0.1) is 6.54 Å². The van der Waals surface area contributed by atoms with Crippen molar-refractivity contribution in [2.45, 2.75) is 209 Å². The predicted octanol–water partition coefficient (Wildman–Crippen LogP) is 12.2. The minimum Gasteiger partial charge on any atom is -0.370 e. The third-order valence-electron chi connectivity index (χ3n) is 15.3. The highest BCUT2D eigenvalue weighted by Gasteiger charge is 2.20. The van der Waals surface area contributed by atoms with Gasteiger partial charge < -0.3 is 199 Å². The molecule has 4 heterocycles. The molecule has 1 atom stereocenters. The normalized spacial score (nSPS) is 10.5. The topological polar surface area (TPSA) is 962 Å². The first-order valence-electron chi connectivity index (χ1n) is 36.6. The Bertz CT molecular complexity index is 2710. The molecule has 9 rings (SSSR count). The molecule has 4 fully saturated rings. The number of aliphatic imine (C=N–C) groups is 2. The van der Waals surface area contributed by atoms with Crippen LogP contribution in [0.2, 0.25) is 0 Å². The Kier molecular flexibility index (Phi) is 231. The number of rotatable bonds is 16. The smallest absolute Gasteiger partial charge is 0.242 e. The maximum atomic E-state index is 13.4. The maximum Gasteiger partial charge on any atom is 0.242 e. The van der Waals surface area contributed by atoms with Crippen LogP contribution in [0.1, 0.15) is 200 Å². The van der Waals surface area contributed by atoms with Gasteiger partial charge in [0.1, 0.15) is 79.7 Å². The van der Waals surface area contributed by atoms with Crippen molar-refractivity contribution in [3.63, 3.8) is 0 Å². The molecule has 2 aliphatic carbocycles. The largest absolute Gasteiger partial charge is 0.370 e. The highest BCUT2D eigenvalue weighted by molar-refractivity contribution is 5.87. The number of para-hydroxylation sites is 2. The number of hydrogen-bond acceptors (Lipinski definition) is 32. The van der Waals surface area contributed by atoms with E-state index < -0.39 is 6.04 Å². The van der Waals surface area contributed by atoms with E-state index in [1.807, 2.05) is 67.9 Å². The van der Waals surface area contributed by atoms with Gasteiger partial charge in [0.25, 0.3) is 0 Å². The monoisotopic (exact) mass is 1790 g/mol. The van der Waals surface area contributed by atoms with E-state index in [9.17, 15) is 23.6 Å². The molecule has 5 aromatic rings. The molecule has 740 valence electrons. The Balaban J connectivity index is -0.0000000373. The van der Waals surface area contributed by atoms with E-state index in [2.05, 4.69) is 154 Å². The average Bonchev–Trinajstić information content (AvgIpc) is 1.71. The molecule has 0 spiro atoms. The van der Waals surface area contributed by atoms with Crippen LogP contribution in [-0.2, 0) is 86.4 Å². The van der Waals surface area contributed by atoms with Gasteiger partial charge in [-0.2, -0.15) is 0 Å². The lowest BCUT2D eigenvalue weighted by atomic mass is 9.88. The molecule has 2 aromatic heterocycles. The first kappa shape index (κ1) is 183. The van der Waals surface area contributed by atoms with Crippen LogP contribution in [0.4, 0.5) is 4.39 Å². The zero-order chi connectivity index (χ0) is 87.0. The number of aryl methyl sites for hydroxylation is 2. The zero-order valence-electron chi connectivity index (χ0n) is 78.3. The van der Waals surface area contributed by atoms with Gasteiger partial charge in [-0.3, -0.25) is 29.2 Å². The fraction of sp³-hybridized carbons (Fsp3) is 0.531. The summed E-state index contributed by atoms with van der Waals surface area (Å²) in [6.45, 7) is 42.4. The molecule has 0 bridgehead atoms. The first-order valence-corrected chi connectivity index (χ1v) is 36.6. The number of aromatic nitrogens is 2. The van der Waals surface area contributed by atoms with Crippen LogP contribution < -0.4 is 141 Å². The molecule has 3 aromatic carbocycles. The standard InChI is InChI=1S/C12H15FN2O2.2C10H11N.2C8H16.2C5H13N3.C5H10N2O2.2C4H9N.10CH2O.14H3N/c1-8(16)15-11(12(17)14-2)7-9-5-3-4-6-10(9)13;2*1-2-8-7-11-10-6-4-3-5-9(8)10;2*1-2-8-6-4-3-5-7-8;2*1-2-3-4-8-5(6)7;1-4(8)7-3-5(9)6-2;2*1-2-4-5-3-1;10*1-2;;;;;;;;;;;;;;/h3-6,11H,7H2,1-2H3,(H,14,17)(H,15,16);2*3-7,11H,2H2,1H3;2*8H,2-7H2,1H3;2*2-4H2,1H3,(H4,6,7,8);3H2,1-2H3,(H,6,9)(H,7,8);2*5H,1-4H2;10*1H2;14*1H3/t11-;;;;;;;;;;;;;;;;;;;;;;;;;;;;;;;;;/m0................................./s1. The molecule has 2 saturated heterocycles. The molecule has 4 amide bonds. The number of aromatic amines is 2. The van der Waals surface area contributed by atoms with Gasteiger partial charge in [-0.05, 0) is 124 Å². The van der Waals surface area contributed by atoms with Crippen molar-refractivity contribution in [1.82, 2.24) is 128 Å². The number of likely N-dealkylation sites (N-methyl/N-ethyl adjacent to an activating group) is 2. The Labute approximate surface area is 743 Å². The van der Waals surface area contributed by atoms with Crippen LogP contribution in [0.5, 0.6) is 0 Å². The number of nitrogens with one attached hydrogen (secondary N) is 8. The fourth-order valence-electron chi connectivity index (χ4n) is 9.83. The Morgan fingerprint density at radius 2 is 0.718 bits per heavy atom. The van der Waals surface area contributed by atoms with Crippen LogP contribution in [0.15, 0.2) is 95.2 Å². The highest BCUT2D eigenvalue weighted by Crippen LogP contribution is 2.26. The summed E-state index contributed by atoms with van der Waals surface area (Å²) < 4.78 is 13.4. The summed E-state index contributed by atoms with van der Waals surface area (Å²) in [7, 11) is 2.99. The van der Waals surface area contributed by atoms with Gasteiger partial charge in [-0.1, -0.05) is 186 Å². The number of hydrogen-bond donors (Lipinski definition) is 26. The van der Waals surface area contributed by atoms with Gasteiger partial charge in [-0.15, -0.1) is 0 Å². The van der Waals surface area contributed by atoms with Crippen molar-refractivity contribution < 1.29 is 71.5 Å². The zero-order valence-corrected chi connectivity index (χ0v) is 78.3. The van der Waals surface area contributed by atoms with Gasteiger partial charge in [-0.25, -0.2) is 4.39 Å². The summed E-state index contributed by atoms with van der Waals surface area (Å²) in [6.07, 6.45) is 34.3. The van der Waals surface area contributed by atoms with Gasteiger partial charge in [0.2, 0.25) is 23.6 Å². The maximum absolute atomic E-state index is 13.4. The number of benzene rings is 3. The summed E-state index contributed by atoms with van der Waals surface area (Å²) in [6, 6.07) is 22.2. The third kappa shape index (κ3) is 122. The van der Waals surface area contributed by atoms with Gasteiger partial charge >= 0.3 is 0 Å². The number of unbranched alkanes of at least 4 members (excludes halogenated alkanes) is 2. The van der Waals surface area contributed by atoms with E-state index in [1.165, 1.54) is 196 Å². The fourth-order valence-corrected chi connectivity index (χ4v) is 9.83. The van der Waals surface area contributed by atoms with Crippen LogP contribution in [-0.4, -0.2) is 179 Å². The highest BCUT2D eigenvalue weighted by atomic mass is 19.1. The van der Waals surface area contributed by atoms with E-state index in [1.54, 1.807) is 18.2 Å². The second-order valence-electron chi connectivity index (χ2n) is 22.7. The number of halogens is 1. The molecule has 2 saturated carbocycles. The second-order valence-corrected chi connectivity index (χ2v) is 22.7. The lowest BCUT2D eigenvalue weighted by Crippen LogP contribution is -2.46. The van der Waals surface area contributed by atoms with Crippen molar-refractivity contribution >= 4 is 125 Å². The molecule has 43 heteroatoms. The minimum absolute atomic E-state index is 0. The number of H-pyrrole nitrogens is 2. The van der Waals surface area contributed by atoms with E-state index in [4.69, 9.17) is 70.9 Å². The van der Waals surface area contributed by atoms with E-state index in [-0.39, 0.29) is 140 Å². The number of carbonyl (C=O) groups excluding carboxylic acids is 14. The van der Waals surface area contributed by atoms with Crippen LogP contribution in [0.3, 0.4) is 0 Å². The molecule has 42 nitrogen and oxygen atoms in total. The van der Waals surface area contributed by atoms with Crippen LogP contribution >= 0.6 is 0 Å². The minimum atomic E-state index is -0.755. The lowest BCUT2D eigenvalue weighted by molar-refractivity contribution is -0.127. The number of amides is 4. The number of fused-ring (bicyclic) bond motifs is 2. The van der Waals surface area contributed by atoms with Gasteiger partial charge in [0, 0.05) is 81.7 Å². The Hall–Kier alpha value is -10.8. The van der Waals surface area contributed by atoms with Crippen molar-refractivity contribution in [1.29, 1.82) is 0 Å². The summed E-state index contributed by atoms with van der Waals surface area (Å²) in [4.78, 5) is 137. The van der Waals surface area contributed by atoms with Crippen LogP contribution in [0, 0.1) is 17.7 Å². The summed E-state index contributed by atoms with van der Waals surface area (Å²) in [5.74, 6) is 1.12. The second kappa shape index (κ2) is 156. The number of carbonyl (C=O) groups is 14. The molecule has 4 aliphatic rings. The molecule has 0 unspecified atom stereocenters. The van der Waals surface area contributed by atoms with Crippen molar-refractivity contribution in [2.75, 3.05) is 59.9 Å². The molecule has 0 radical (unpaired) electrons. The van der Waals surface area contributed by atoms with Crippen molar-refractivity contribution in [3.05, 3.63) is 108 Å². The van der Waals surface area contributed by atoms with E-state index >= 15 is 0 Å². The Morgan fingerprint density at radius 3 is 0.944 bits per heavy atom. The quantitative estimate of drug-likeness (QED) is 0.0248. The molecular formula is C81H185FN28O14. The summed E-state index contributed by atoms with van der Waals surface area (Å²) in [5.41, 5.74) is 25.9. The van der Waals surface area contributed by atoms with E-state index in [0.717, 1.165) is 63.5 Å². The molecule has 2 aliphatic heterocycles. The first-order chi connectivity index (χ1) is 53.4. The Morgan fingerprint density at radius 1 is 0.419 bits per heavy atom. The lowest BCUT2D eigenvalue weighted by Gasteiger charge is -2.18. The summed E-state index contributed by atoms with van der Waals surface area (Å²) >= 11 is 0. The molecule has 124 heavy (non-hydrogen) atoms. The number of nitrogens with zero attached hydrogens (tertiary/aromatic N) is 2. The molecule has 58 N–H and O–H groups in total. The van der Waals surface area contributed by atoms with E-state index in [0.29, 0.717) is 5.56 Å². The number of nitrogens with two attached hydrogens (primary N) is 4. The third-order valence-corrected chi connectivity index (χ3v) is 15.3. The predicted molar refractivity (Wildman–Crippen MR) is 521 cm³/mol. The van der Waals surface area contributed by atoms with Crippen LogP contribution in [0.25, 0.3) is 21.8 Å². The summed E-state index contributed by atoms with van der Waals surface area (Å²) in [5, 5.41) is 18.8. The number of guanidine groups is 2.